The molecule has 1 aliphatic rings. The minimum absolute atomic E-state index is 0.00757. The minimum Gasteiger partial charge on any atom is -0.483 e. The van der Waals surface area contributed by atoms with E-state index in [1.807, 2.05) is 36.4 Å². The Morgan fingerprint density at radius 3 is 2.35 bits per heavy atom. The van der Waals surface area contributed by atoms with Gasteiger partial charge in [0.15, 0.2) is 5.76 Å². The zero-order valence-electron chi connectivity index (χ0n) is 12.5. The number of allylic oxidation sites excluding steroid dienone is 2. The molecule has 0 aromatic heterocycles. The molecular weight excluding hydrogens is 252 g/mol. The van der Waals surface area contributed by atoms with Crippen molar-refractivity contribution in [1.82, 2.24) is 10.9 Å². The van der Waals surface area contributed by atoms with Gasteiger partial charge in [-0.2, -0.15) is 0 Å². The lowest BCUT2D eigenvalue weighted by molar-refractivity contribution is 0.154. The van der Waals surface area contributed by atoms with Gasteiger partial charge in [0, 0.05) is 17.2 Å². The first kappa shape index (κ1) is 14.3. The van der Waals surface area contributed by atoms with Crippen LogP contribution in [-0.2, 0) is 16.1 Å². The van der Waals surface area contributed by atoms with Crippen LogP contribution in [0, 0.1) is 5.41 Å². The quantitative estimate of drug-likeness (QED) is 0.885. The molecule has 0 radical (unpaired) electrons. The van der Waals surface area contributed by atoms with Crippen LogP contribution in [0.1, 0.15) is 26.3 Å². The van der Waals surface area contributed by atoms with E-state index in [9.17, 15) is 0 Å². The maximum atomic E-state index is 5.87. The Morgan fingerprint density at radius 1 is 1.05 bits per heavy atom. The second kappa shape index (κ2) is 5.90. The van der Waals surface area contributed by atoms with Crippen LogP contribution in [0.3, 0.4) is 0 Å². The normalized spacial score (nSPS) is 15.1. The summed E-state index contributed by atoms with van der Waals surface area (Å²) in [6.45, 7) is 6.93. The SMILES string of the molecule is COC1=C(OCc2ccccc2)C=C(C(C)(C)C)NN1. The highest BCUT2D eigenvalue weighted by atomic mass is 16.5. The summed E-state index contributed by atoms with van der Waals surface area (Å²) in [4.78, 5) is 0. The number of hydrogen-bond acceptors (Lipinski definition) is 4. The molecule has 0 unspecified atom stereocenters. The Morgan fingerprint density at radius 2 is 1.75 bits per heavy atom. The molecule has 0 saturated heterocycles. The lowest BCUT2D eigenvalue weighted by Gasteiger charge is -2.29. The van der Waals surface area contributed by atoms with Gasteiger partial charge in [-0.15, -0.1) is 0 Å². The Balaban J connectivity index is 2.14. The molecule has 0 amide bonds. The Labute approximate surface area is 120 Å². The average molecular weight is 274 g/mol. The first-order chi connectivity index (χ1) is 9.50. The van der Waals surface area contributed by atoms with E-state index in [2.05, 4.69) is 31.6 Å². The van der Waals surface area contributed by atoms with E-state index in [1.165, 1.54) is 0 Å². The zero-order valence-corrected chi connectivity index (χ0v) is 12.5. The Kier molecular flexibility index (Phi) is 4.23. The van der Waals surface area contributed by atoms with Crippen LogP contribution in [-0.4, -0.2) is 7.11 Å². The molecule has 1 heterocycles. The number of hydrogen-bond donors (Lipinski definition) is 2. The van der Waals surface area contributed by atoms with Gasteiger partial charge in [0.25, 0.3) is 0 Å². The van der Waals surface area contributed by atoms with Gasteiger partial charge in [-0.25, -0.2) is 0 Å². The number of nitrogens with one attached hydrogen (secondary N) is 2. The third-order valence-corrected chi connectivity index (χ3v) is 3.06. The number of ether oxygens (including phenoxy) is 2. The van der Waals surface area contributed by atoms with Gasteiger partial charge >= 0.3 is 0 Å². The summed E-state index contributed by atoms with van der Waals surface area (Å²) in [5, 5.41) is 0. The first-order valence-corrected chi connectivity index (χ1v) is 6.70. The van der Waals surface area contributed by atoms with Crippen molar-refractivity contribution in [3.8, 4) is 0 Å². The molecule has 1 aromatic rings. The first-order valence-electron chi connectivity index (χ1n) is 6.70. The average Bonchev–Trinajstić information content (AvgIpc) is 2.45. The van der Waals surface area contributed by atoms with Crippen LogP contribution in [0.4, 0.5) is 0 Å². The molecule has 0 spiro atoms. The summed E-state index contributed by atoms with van der Waals surface area (Å²) in [6, 6.07) is 10.1. The molecule has 0 saturated carbocycles. The maximum absolute atomic E-state index is 5.87. The maximum Gasteiger partial charge on any atom is 0.249 e. The molecule has 4 nitrogen and oxygen atoms in total. The van der Waals surface area contributed by atoms with E-state index in [-0.39, 0.29) is 5.41 Å². The van der Waals surface area contributed by atoms with Gasteiger partial charge in [-0.1, -0.05) is 51.1 Å². The fourth-order valence-electron chi connectivity index (χ4n) is 1.82. The largest absolute Gasteiger partial charge is 0.483 e. The molecule has 1 aliphatic heterocycles. The van der Waals surface area contributed by atoms with Crippen LogP contribution in [0.5, 0.6) is 0 Å². The minimum atomic E-state index is 0.00757. The van der Waals surface area contributed by atoms with Crippen LogP contribution in [0.15, 0.2) is 53.7 Å². The highest BCUT2D eigenvalue weighted by Crippen LogP contribution is 2.27. The summed E-state index contributed by atoms with van der Waals surface area (Å²) in [7, 11) is 1.62. The van der Waals surface area contributed by atoms with Gasteiger partial charge < -0.3 is 14.9 Å². The molecule has 2 N–H and O–H groups in total. The van der Waals surface area contributed by atoms with E-state index in [0.29, 0.717) is 18.2 Å². The molecule has 0 fully saturated rings. The number of rotatable bonds is 4. The fourth-order valence-corrected chi connectivity index (χ4v) is 1.82. The second-order valence-electron chi connectivity index (χ2n) is 5.73. The van der Waals surface area contributed by atoms with Gasteiger partial charge in [0.1, 0.15) is 6.61 Å². The van der Waals surface area contributed by atoms with E-state index < -0.39 is 0 Å². The second-order valence-corrected chi connectivity index (χ2v) is 5.73. The van der Waals surface area contributed by atoms with Crippen molar-refractivity contribution in [2.75, 3.05) is 7.11 Å². The van der Waals surface area contributed by atoms with Crippen molar-refractivity contribution in [2.45, 2.75) is 27.4 Å². The summed E-state index contributed by atoms with van der Waals surface area (Å²) in [6.07, 6.45) is 1.98. The molecule has 20 heavy (non-hydrogen) atoms. The summed E-state index contributed by atoms with van der Waals surface area (Å²) >= 11 is 0. The van der Waals surface area contributed by atoms with Crippen LogP contribution in [0.25, 0.3) is 0 Å². The third kappa shape index (κ3) is 3.47. The molecular formula is C16H22N2O2. The van der Waals surface area contributed by atoms with Crippen molar-refractivity contribution in [3.63, 3.8) is 0 Å². The van der Waals surface area contributed by atoms with E-state index >= 15 is 0 Å². The molecule has 0 atom stereocenters. The summed E-state index contributed by atoms with van der Waals surface area (Å²) in [5.74, 6) is 1.30. The fraction of sp³-hybridized carbons (Fsp3) is 0.375. The molecule has 1 aromatic carbocycles. The predicted octanol–water partition coefficient (Wildman–Crippen LogP) is 3.06. The molecule has 108 valence electrons. The van der Waals surface area contributed by atoms with Crippen LogP contribution >= 0.6 is 0 Å². The summed E-state index contributed by atoms with van der Waals surface area (Å²) < 4.78 is 11.2. The molecule has 0 bridgehead atoms. The van der Waals surface area contributed by atoms with Crippen molar-refractivity contribution < 1.29 is 9.47 Å². The number of benzene rings is 1. The highest BCUT2D eigenvalue weighted by molar-refractivity contribution is 5.27. The Hall–Kier alpha value is -2.10. The molecule has 2 rings (SSSR count). The topological polar surface area (TPSA) is 42.5 Å². The Bertz CT molecular complexity index is 513. The van der Waals surface area contributed by atoms with E-state index in [1.54, 1.807) is 7.11 Å². The van der Waals surface area contributed by atoms with Crippen molar-refractivity contribution >= 4 is 0 Å². The lowest BCUT2D eigenvalue weighted by Crippen LogP contribution is -2.39. The standard InChI is InChI=1S/C16H22N2O2/c1-16(2,3)14-10-13(15(19-4)18-17-14)20-11-12-8-6-5-7-9-12/h5-10,17-18H,11H2,1-4H3. The van der Waals surface area contributed by atoms with Crippen molar-refractivity contribution in [1.29, 1.82) is 0 Å². The zero-order chi connectivity index (χ0) is 14.6. The van der Waals surface area contributed by atoms with Crippen LogP contribution < -0.4 is 10.9 Å². The lowest BCUT2D eigenvalue weighted by atomic mass is 9.91. The van der Waals surface area contributed by atoms with Gasteiger partial charge in [-0.05, 0) is 5.56 Å². The van der Waals surface area contributed by atoms with Gasteiger partial charge in [0.2, 0.25) is 5.88 Å². The molecule has 4 heteroatoms. The number of hydrazine groups is 1. The number of methoxy groups -OCH3 is 1. The van der Waals surface area contributed by atoms with Gasteiger partial charge in [-0.3, -0.25) is 5.43 Å². The monoisotopic (exact) mass is 274 g/mol. The van der Waals surface area contributed by atoms with Crippen molar-refractivity contribution in [3.05, 3.63) is 59.3 Å². The predicted molar refractivity (Wildman–Crippen MR) is 79.1 cm³/mol. The smallest absolute Gasteiger partial charge is 0.249 e. The van der Waals surface area contributed by atoms with E-state index in [0.717, 1.165) is 11.3 Å². The van der Waals surface area contributed by atoms with Gasteiger partial charge in [0.05, 0.1) is 7.11 Å². The van der Waals surface area contributed by atoms with Crippen LogP contribution in [0.2, 0.25) is 0 Å². The molecule has 0 aliphatic carbocycles. The highest BCUT2D eigenvalue weighted by Gasteiger charge is 2.23. The van der Waals surface area contributed by atoms with Crippen molar-refractivity contribution in [2.24, 2.45) is 5.41 Å². The summed E-state index contributed by atoms with van der Waals surface area (Å²) in [5.41, 5.74) is 8.35. The third-order valence-electron chi connectivity index (χ3n) is 3.06. The van der Waals surface area contributed by atoms with E-state index in [4.69, 9.17) is 9.47 Å².